The fraction of sp³-hybridized carbons (Fsp3) is 0.378. The largest absolute Gasteiger partial charge is 0.493 e. The summed E-state index contributed by atoms with van der Waals surface area (Å²) in [6, 6.07) is 10.7. The van der Waals surface area contributed by atoms with Gasteiger partial charge < -0.3 is 14.0 Å². The summed E-state index contributed by atoms with van der Waals surface area (Å²) in [4.78, 5) is 14.4. The topological polar surface area (TPSA) is 73.9 Å². The third-order valence-electron chi connectivity index (χ3n) is 9.24. The molecule has 0 N–H and O–H groups in total. The molecule has 8 nitrogen and oxygen atoms in total. The molecule has 1 fully saturated rings. The van der Waals surface area contributed by atoms with E-state index in [0.29, 0.717) is 23.7 Å². The Morgan fingerprint density at radius 2 is 1.96 bits per heavy atom. The minimum atomic E-state index is -0.356. The average Bonchev–Trinajstić information content (AvgIpc) is 3.77. The van der Waals surface area contributed by atoms with Crippen molar-refractivity contribution in [3.63, 3.8) is 0 Å². The summed E-state index contributed by atoms with van der Waals surface area (Å²) in [5.41, 5.74) is 9.20. The lowest BCUT2D eigenvalue weighted by molar-refractivity contribution is 0.0589. The van der Waals surface area contributed by atoms with Crippen LogP contribution in [-0.2, 0) is 43.2 Å². The van der Waals surface area contributed by atoms with E-state index in [0.717, 1.165) is 95.1 Å². The van der Waals surface area contributed by atoms with Crippen LogP contribution in [0.5, 0.6) is 5.75 Å². The first kappa shape index (κ1) is 32.9. The van der Waals surface area contributed by atoms with Gasteiger partial charge in [0.2, 0.25) is 0 Å². The van der Waals surface area contributed by atoms with Crippen LogP contribution in [-0.4, -0.2) is 57.6 Å². The van der Waals surface area contributed by atoms with Gasteiger partial charge in [0.05, 0.1) is 24.9 Å². The fourth-order valence-electron chi connectivity index (χ4n) is 6.91. The van der Waals surface area contributed by atoms with Crippen LogP contribution in [0.25, 0.3) is 23.1 Å². The van der Waals surface area contributed by atoms with E-state index in [4.69, 9.17) is 31.3 Å². The maximum atomic E-state index is 13.2. The smallest absolute Gasteiger partial charge is 0.354 e. The molecule has 0 unspecified atom stereocenters. The van der Waals surface area contributed by atoms with Crippen molar-refractivity contribution in [2.75, 3.05) is 26.0 Å². The molecule has 0 saturated carbocycles. The average molecular weight is 702 g/mol. The minimum Gasteiger partial charge on any atom is -0.493 e. The normalized spacial score (nSPS) is 18.8. The van der Waals surface area contributed by atoms with Gasteiger partial charge in [0.25, 0.3) is 0 Å². The van der Waals surface area contributed by atoms with Gasteiger partial charge in [0.1, 0.15) is 11.4 Å². The van der Waals surface area contributed by atoms with E-state index in [2.05, 4.69) is 41.4 Å². The lowest BCUT2D eigenvalue weighted by Gasteiger charge is -2.18. The molecule has 0 spiro atoms. The lowest BCUT2D eigenvalue weighted by atomic mass is 9.96. The zero-order valence-corrected chi connectivity index (χ0v) is 30.0. The summed E-state index contributed by atoms with van der Waals surface area (Å²) in [6.07, 6.45) is 13.9. The number of aryl methyl sites for hydroxylation is 4. The number of methoxy groups -OCH3 is 1. The second-order valence-electron chi connectivity index (χ2n) is 12.3. The maximum absolute atomic E-state index is 13.2. The van der Waals surface area contributed by atoms with Crippen LogP contribution in [0.1, 0.15) is 69.8 Å². The molecule has 4 aromatic rings. The van der Waals surface area contributed by atoms with E-state index in [1.54, 1.807) is 11.8 Å². The van der Waals surface area contributed by atoms with Crippen molar-refractivity contribution < 1.29 is 14.3 Å². The summed E-state index contributed by atoms with van der Waals surface area (Å²) in [6.45, 7) is 1.38. The van der Waals surface area contributed by atoms with Gasteiger partial charge in [-0.3, -0.25) is 9.69 Å². The summed E-state index contributed by atoms with van der Waals surface area (Å²) >= 11 is 10.5. The molecule has 1 saturated heterocycles. The number of hydrazone groups is 1. The van der Waals surface area contributed by atoms with E-state index >= 15 is 0 Å². The van der Waals surface area contributed by atoms with Crippen LogP contribution in [0, 0.1) is 0 Å². The van der Waals surface area contributed by atoms with Gasteiger partial charge in [0.15, 0.2) is 0 Å². The number of halogens is 1. The van der Waals surface area contributed by atoms with Crippen LogP contribution in [0.4, 0.5) is 0 Å². The molecule has 8 bridgehead atoms. The van der Waals surface area contributed by atoms with Crippen LogP contribution in [0.15, 0.2) is 52.1 Å². The second-order valence-corrected chi connectivity index (χ2v) is 14.8. The van der Waals surface area contributed by atoms with Crippen molar-refractivity contribution in [2.45, 2.75) is 54.9 Å². The number of carbonyl (C=O) groups is 1. The highest BCUT2D eigenvalue weighted by molar-refractivity contribution is 7.99. The number of hydrogen-bond acceptors (Lipinski definition) is 8. The first-order chi connectivity index (χ1) is 23.4. The Morgan fingerprint density at radius 3 is 2.83 bits per heavy atom. The monoisotopic (exact) mass is 701 g/mol. The van der Waals surface area contributed by atoms with Gasteiger partial charge in [0, 0.05) is 81.9 Å². The SMILES string of the molecule is COC(=O)c1c2c3ccc(Cl)c(c3n1C)/C=C1\CCCN1/N=C/CSCc1cc(n(C)n1)CSc1cc3c(c(c1)OCCC2)C=CCC3. The zero-order valence-electron chi connectivity index (χ0n) is 27.6. The van der Waals surface area contributed by atoms with Gasteiger partial charge >= 0.3 is 5.97 Å². The van der Waals surface area contributed by atoms with Crippen LogP contribution >= 0.6 is 35.1 Å². The summed E-state index contributed by atoms with van der Waals surface area (Å²) in [5.74, 6) is 3.00. The minimum absolute atomic E-state index is 0.356. The van der Waals surface area contributed by atoms with E-state index in [1.165, 1.54) is 28.8 Å². The highest BCUT2D eigenvalue weighted by atomic mass is 35.5. The van der Waals surface area contributed by atoms with Gasteiger partial charge in [-0.05, 0) is 80.0 Å². The molecule has 0 atom stereocenters. The maximum Gasteiger partial charge on any atom is 0.354 e. The van der Waals surface area contributed by atoms with Gasteiger partial charge in [-0.2, -0.15) is 10.2 Å². The number of aromatic nitrogens is 3. The lowest BCUT2D eigenvalue weighted by Crippen LogP contribution is -2.11. The Bertz CT molecular complexity index is 1960. The predicted octanol–water partition coefficient (Wildman–Crippen LogP) is 8.28. The highest BCUT2D eigenvalue weighted by Gasteiger charge is 2.25. The third-order valence-corrected chi connectivity index (χ3v) is 11.5. The van der Waals surface area contributed by atoms with E-state index in [9.17, 15) is 4.79 Å². The molecule has 2 aromatic carbocycles. The molecule has 250 valence electrons. The van der Waals surface area contributed by atoms with Crippen molar-refractivity contribution in [1.29, 1.82) is 0 Å². The molecule has 11 heteroatoms. The number of benzene rings is 2. The Labute approximate surface area is 295 Å². The van der Waals surface area contributed by atoms with Crippen molar-refractivity contribution >= 4 is 70.4 Å². The molecule has 2 aromatic heterocycles. The Hall–Kier alpha value is -3.60. The van der Waals surface area contributed by atoms with E-state index in [-0.39, 0.29) is 5.97 Å². The zero-order chi connectivity index (χ0) is 33.2. The third kappa shape index (κ3) is 6.67. The fourth-order valence-corrected chi connectivity index (χ4v) is 8.76. The standard InChI is InChI=1S/C37H40ClN5O3S2/c1-41-35-31-12-13-33(38)32(35)20-26-9-6-15-43(26)39-14-17-47-22-25-19-27(42(2)40-25)23-48-28-18-24-8-4-5-10-29(24)34(21-28)46-16-7-11-30(31)36(41)37(44)45-3/h5,10,12-14,18-21H,4,6-9,11,15-17,22-23H2,1-3H3/b26-20+,39-14+. The Morgan fingerprint density at radius 1 is 1.06 bits per heavy atom. The number of rotatable bonds is 1. The number of esters is 1. The molecule has 0 amide bonds. The Balaban J connectivity index is 1.27. The summed E-state index contributed by atoms with van der Waals surface area (Å²) in [7, 11) is 5.39. The van der Waals surface area contributed by atoms with Crippen molar-refractivity contribution in [2.24, 2.45) is 19.2 Å². The van der Waals surface area contributed by atoms with E-state index in [1.807, 2.05) is 53.5 Å². The number of thioether (sulfide) groups is 2. The number of fused-ring (bicyclic) bond motifs is 7. The van der Waals surface area contributed by atoms with Crippen LogP contribution < -0.4 is 4.74 Å². The Kier molecular flexibility index (Phi) is 9.93. The quantitative estimate of drug-likeness (QED) is 0.185. The van der Waals surface area contributed by atoms with Crippen molar-refractivity contribution in [1.82, 2.24) is 19.4 Å². The molecular formula is C37H40ClN5O3S2. The molecular weight excluding hydrogens is 662 g/mol. The predicted molar refractivity (Wildman–Crippen MR) is 198 cm³/mol. The summed E-state index contributed by atoms with van der Waals surface area (Å²) < 4.78 is 15.8. The highest BCUT2D eigenvalue weighted by Crippen LogP contribution is 2.38. The van der Waals surface area contributed by atoms with Gasteiger partial charge in [-0.25, -0.2) is 4.79 Å². The molecule has 3 aliphatic rings. The van der Waals surface area contributed by atoms with E-state index < -0.39 is 0 Å². The molecule has 1 aliphatic carbocycles. The van der Waals surface area contributed by atoms with Crippen molar-refractivity contribution in [3.8, 4) is 5.75 Å². The summed E-state index contributed by atoms with van der Waals surface area (Å²) in [5, 5.41) is 13.4. The second kappa shape index (κ2) is 14.5. The molecule has 48 heavy (non-hydrogen) atoms. The number of allylic oxidation sites excluding steroid dienone is 2. The number of hydrogen-bond donors (Lipinski definition) is 0. The molecule has 4 heterocycles. The van der Waals surface area contributed by atoms with Crippen LogP contribution in [0.3, 0.4) is 0 Å². The number of carbonyl (C=O) groups excluding carboxylic acids is 1. The van der Waals surface area contributed by atoms with Gasteiger partial charge in [-0.1, -0.05) is 29.8 Å². The molecule has 2 aliphatic heterocycles. The van der Waals surface area contributed by atoms with Gasteiger partial charge in [-0.15, -0.1) is 23.5 Å². The van der Waals surface area contributed by atoms with Crippen LogP contribution in [0.2, 0.25) is 5.02 Å². The molecule has 0 radical (unpaired) electrons. The van der Waals surface area contributed by atoms with Crippen molar-refractivity contribution in [3.05, 3.63) is 86.5 Å². The first-order valence-electron chi connectivity index (χ1n) is 16.5. The first-order valence-corrected chi connectivity index (χ1v) is 19.0. The number of ether oxygens (including phenoxy) is 2. The number of nitrogens with zero attached hydrogens (tertiary/aromatic N) is 5. The molecule has 7 rings (SSSR count).